The Labute approximate surface area is 157 Å². The molecule has 2 N–H and O–H groups in total. The van der Waals surface area contributed by atoms with E-state index in [1.807, 2.05) is 26.0 Å². The first-order valence-electron chi connectivity index (χ1n) is 8.72. The summed E-state index contributed by atoms with van der Waals surface area (Å²) in [6.07, 6.45) is 0. The van der Waals surface area contributed by atoms with Gasteiger partial charge in [-0.15, -0.1) is 0 Å². The zero-order valence-corrected chi connectivity index (χ0v) is 15.2. The van der Waals surface area contributed by atoms with Crippen molar-refractivity contribution >= 4 is 18.1 Å². The molecule has 1 heterocycles. The Morgan fingerprint density at radius 3 is 2.41 bits per heavy atom. The second kappa shape index (κ2) is 7.38. The van der Waals surface area contributed by atoms with Crippen LogP contribution in [0.25, 0.3) is 12.2 Å². The maximum Gasteiger partial charge on any atom is 0.336 e. The van der Waals surface area contributed by atoms with Crippen LogP contribution in [0.1, 0.15) is 35.3 Å². The number of carbonyl (C=O) groups is 1. The summed E-state index contributed by atoms with van der Waals surface area (Å²) in [7, 11) is 0. The van der Waals surface area contributed by atoms with Crippen LogP contribution >= 0.6 is 0 Å². The van der Waals surface area contributed by atoms with Crippen LogP contribution in [0.5, 0.6) is 17.2 Å². The largest absolute Gasteiger partial charge is 0.508 e. The van der Waals surface area contributed by atoms with Crippen molar-refractivity contribution < 1.29 is 19.7 Å². The molecule has 4 rings (SSSR count). The van der Waals surface area contributed by atoms with E-state index in [0.717, 1.165) is 21.6 Å². The Hall–Kier alpha value is -3.53. The van der Waals surface area contributed by atoms with Crippen LogP contribution in [0, 0.1) is 0 Å². The number of hydrogen-bond acceptors (Lipinski definition) is 3. The number of carboxylic acids is 1. The Balaban J connectivity index is 0.00000102. The highest BCUT2D eigenvalue weighted by atomic mass is 16.5. The van der Waals surface area contributed by atoms with Gasteiger partial charge in [0.15, 0.2) is 0 Å². The van der Waals surface area contributed by atoms with Gasteiger partial charge in [-0.1, -0.05) is 50.8 Å². The number of aromatic hydroxyl groups is 1. The van der Waals surface area contributed by atoms with Crippen molar-refractivity contribution in [1.29, 1.82) is 0 Å². The van der Waals surface area contributed by atoms with Gasteiger partial charge < -0.3 is 14.9 Å². The predicted molar refractivity (Wildman–Crippen MR) is 106 cm³/mol. The van der Waals surface area contributed by atoms with Crippen LogP contribution < -0.4 is 15.2 Å². The molecule has 4 heteroatoms. The summed E-state index contributed by atoms with van der Waals surface area (Å²) in [5.74, 6) is 0.151. The van der Waals surface area contributed by atoms with Gasteiger partial charge in [0.25, 0.3) is 0 Å². The average molecular weight is 360 g/mol. The first-order chi connectivity index (χ1) is 13.0. The van der Waals surface area contributed by atoms with Gasteiger partial charge in [-0.2, -0.15) is 0 Å². The van der Waals surface area contributed by atoms with Crippen LogP contribution in [-0.2, 0) is 0 Å². The Kier molecular flexibility index (Phi) is 4.99. The summed E-state index contributed by atoms with van der Waals surface area (Å²) in [5, 5.41) is 21.0. The molecule has 0 fully saturated rings. The molecule has 0 aliphatic carbocycles. The molecule has 0 saturated heterocycles. The number of benzene rings is 3. The van der Waals surface area contributed by atoms with E-state index in [1.54, 1.807) is 42.5 Å². The summed E-state index contributed by atoms with van der Waals surface area (Å²) >= 11 is 0. The quantitative estimate of drug-likeness (QED) is 0.569. The number of fused-ring (bicyclic) bond motifs is 2. The van der Waals surface area contributed by atoms with Gasteiger partial charge >= 0.3 is 5.97 Å². The van der Waals surface area contributed by atoms with Crippen molar-refractivity contribution in [3.05, 3.63) is 87.8 Å². The molecule has 0 unspecified atom stereocenters. The minimum atomic E-state index is -0.995. The second-order valence-electron chi connectivity index (χ2n) is 5.84. The van der Waals surface area contributed by atoms with E-state index in [2.05, 4.69) is 6.58 Å². The maximum absolute atomic E-state index is 11.7. The van der Waals surface area contributed by atoms with Gasteiger partial charge in [0, 0.05) is 22.4 Å². The third kappa shape index (κ3) is 3.29. The van der Waals surface area contributed by atoms with E-state index in [-0.39, 0.29) is 11.3 Å². The molecule has 0 radical (unpaired) electrons. The minimum absolute atomic E-state index is 0.0823. The zero-order chi connectivity index (χ0) is 19.6. The number of carboxylic acid groups (broad SMARTS) is 1. The fourth-order valence-corrected chi connectivity index (χ4v) is 3.10. The lowest BCUT2D eigenvalue weighted by molar-refractivity contribution is 0.0696. The molecule has 27 heavy (non-hydrogen) atoms. The van der Waals surface area contributed by atoms with Crippen molar-refractivity contribution in [3.63, 3.8) is 0 Å². The lowest BCUT2D eigenvalue weighted by Crippen LogP contribution is -2.20. The van der Waals surface area contributed by atoms with E-state index in [9.17, 15) is 15.0 Å². The first-order valence-corrected chi connectivity index (χ1v) is 8.72. The van der Waals surface area contributed by atoms with Gasteiger partial charge in [0.05, 0.1) is 5.56 Å². The molecule has 4 nitrogen and oxygen atoms in total. The van der Waals surface area contributed by atoms with Crippen LogP contribution in [-0.4, -0.2) is 16.2 Å². The van der Waals surface area contributed by atoms with E-state index in [0.29, 0.717) is 17.1 Å². The molecule has 3 aromatic carbocycles. The van der Waals surface area contributed by atoms with Crippen LogP contribution in [0.2, 0.25) is 0 Å². The molecule has 0 saturated carbocycles. The number of phenols is 1. The number of hydrogen-bond donors (Lipinski definition) is 2. The Morgan fingerprint density at radius 2 is 1.67 bits per heavy atom. The fraction of sp³-hybridized carbons (Fsp3) is 0.0870. The molecule has 136 valence electrons. The zero-order valence-electron chi connectivity index (χ0n) is 15.2. The number of rotatable bonds is 2. The number of ether oxygens (including phenoxy) is 1. The van der Waals surface area contributed by atoms with Crippen molar-refractivity contribution in [3.8, 4) is 17.2 Å². The van der Waals surface area contributed by atoms with Crippen LogP contribution in [0.15, 0.2) is 60.7 Å². The lowest BCUT2D eigenvalue weighted by atomic mass is 9.89. The smallest absolute Gasteiger partial charge is 0.336 e. The SMILES string of the molecule is C=c1ccc2c(c1)Oc1cc(O)ccc1C=2c1ccccc1C(=O)O.CC. The second-order valence-corrected chi connectivity index (χ2v) is 5.84. The average Bonchev–Trinajstić information content (AvgIpc) is 2.67. The van der Waals surface area contributed by atoms with Gasteiger partial charge in [-0.25, -0.2) is 4.79 Å². The van der Waals surface area contributed by atoms with Gasteiger partial charge in [0.1, 0.15) is 17.2 Å². The summed E-state index contributed by atoms with van der Waals surface area (Å²) in [6.45, 7) is 7.91. The van der Waals surface area contributed by atoms with Crippen LogP contribution in [0.3, 0.4) is 0 Å². The summed E-state index contributed by atoms with van der Waals surface area (Å²) in [4.78, 5) is 11.7. The summed E-state index contributed by atoms with van der Waals surface area (Å²) in [5.41, 5.74) is 2.30. The van der Waals surface area contributed by atoms with Crippen LogP contribution in [0.4, 0.5) is 0 Å². The summed E-state index contributed by atoms with van der Waals surface area (Å²) in [6, 6.07) is 17.2. The Bertz CT molecular complexity index is 1130. The van der Waals surface area contributed by atoms with Crippen molar-refractivity contribution in [2.45, 2.75) is 13.8 Å². The van der Waals surface area contributed by atoms with Crippen molar-refractivity contribution in [2.75, 3.05) is 0 Å². The molecule has 1 aliphatic heterocycles. The Morgan fingerprint density at radius 1 is 0.926 bits per heavy atom. The van der Waals surface area contributed by atoms with E-state index >= 15 is 0 Å². The molecular formula is C23H20O4. The monoisotopic (exact) mass is 360 g/mol. The number of phenolic OH excluding ortho intramolecular Hbond substituents is 1. The van der Waals surface area contributed by atoms with Crippen molar-refractivity contribution in [2.24, 2.45) is 0 Å². The highest BCUT2D eigenvalue weighted by Crippen LogP contribution is 2.38. The number of aromatic carboxylic acids is 1. The molecule has 0 amide bonds. The van der Waals surface area contributed by atoms with E-state index < -0.39 is 5.97 Å². The van der Waals surface area contributed by atoms with Gasteiger partial charge in [-0.3, -0.25) is 0 Å². The molecule has 0 bridgehead atoms. The third-order valence-corrected chi connectivity index (χ3v) is 4.20. The van der Waals surface area contributed by atoms with Crippen molar-refractivity contribution in [1.82, 2.24) is 0 Å². The molecule has 3 aromatic rings. The minimum Gasteiger partial charge on any atom is -0.508 e. The highest BCUT2D eigenvalue weighted by Gasteiger charge is 2.23. The van der Waals surface area contributed by atoms with Gasteiger partial charge in [0.2, 0.25) is 0 Å². The molecule has 1 aliphatic rings. The van der Waals surface area contributed by atoms with E-state index in [1.165, 1.54) is 6.07 Å². The predicted octanol–water partition coefficient (Wildman–Crippen LogP) is 3.88. The fourth-order valence-electron chi connectivity index (χ4n) is 3.10. The normalized spacial score (nSPS) is 11.4. The molecule has 0 aromatic heterocycles. The molecular weight excluding hydrogens is 340 g/mol. The molecule has 0 atom stereocenters. The third-order valence-electron chi connectivity index (χ3n) is 4.20. The topological polar surface area (TPSA) is 66.8 Å². The highest BCUT2D eigenvalue weighted by molar-refractivity contribution is 5.98. The maximum atomic E-state index is 11.7. The first kappa shape index (κ1) is 18.3. The van der Waals surface area contributed by atoms with Gasteiger partial charge in [-0.05, 0) is 35.0 Å². The van der Waals surface area contributed by atoms with E-state index in [4.69, 9.17) is 4.74 Å². The lowest BCUT2D eigenvalue weighted by Gasteiger charge is -2.22. The molecule has 0 spiro atoms. The standard InChI is InChI=1S/C21H14O4.C2H6/c1-12-6-8-16-18(10-12)25-19-11-13(22)7-9-17(19)20(16)14-4-2-3-5-15(14)21(23)24;1-2/h2-11,22H,1H2,(H,23,24);1-2H3. The summed E-state index contributed by atoms with van der Waals surface area (Å²) < 4.78 is 5.92.